The zero-order valence-electron chi connectivity index (χ0n) is 9.87. The molecule has 3 rings (SSSR count). The van der Waals surface area contributed by atoms with Crippen molar-refractivity contribution in [1.29, 1.82) is 0 Å². The number of aromatic nitrogens is 2. The van der Waals surface area contributed by atoms with Crippen LogP contribution in [0.25, 0.3) is 0 Å². The van der Waals surface area contributed by atoms with Crippen LogP contribution in [-0.2, 0) is 4.74 Å². The molecule has 1 saturated carbocycles. The lowest BCUT2D eigenvalue weighted by Crippen LogP contribution is -2.00. The third-order valence-electron chi connectivity index (χ3n) is 3.14. The van der Waals surface area contributed by atoms with E-state index in [1.807, 2.05) is 18.2 Å². The van der Waals surface area contributed by atoms with Crippen molar-refractivity contribution in [2.45, 2.75) is 18.3 Å². The molecule has 0 N–H and O–H groups in total. The fourth-order valence-electron chi connectivity index (χ4n) is 2.09. The van der Waals surface area contributed by atoms with Gasteiger partial charge in [0.1, 0.15) is 0 Å². The average molecular weight is 244 g/mol. The first kappa shape index (κ1) is 11.0. The van der Waals surface area contributed by atoms with Crippen molar-refractivity contribution in [2.24, 2.45) is 0 Å². The van der Waals surface area contributed by atoms with Gasteiger partial charge in [0.15, 0.2) is 0 Å². The normalized spacial score (nSPS) is 21.6. The number of nitrogens with zero attached hydrogens (tertiary/aromatic N) is 2. The van der Waals surface area contributed by atoms with Gasteiger partial charge in [0.25, 0.3) is 0 Å². The van der Waals surface area contributed by atoms with Crippen molar-refractivity contribution in [2.75, 3.05) is 7.11 Å². The molecule has 0 amide bonds. The molecule has 5 heteroatoms. The molecular formula is C13H12N2O3. The fourth-order valence-corrected chi connectivity index (χ4v) is 2.09. The van der Waals surface area contributed by atoms with Crippen LogP contribution < -0.4 is 0 Å². The first-order valence-corrected chi connectivity index (χ1v) is 5.76. The van der Waals surface area contributed by atoms with Gasteiger partial charge in [-0.25, -0.2) is 4.79 Å². The van der Waals surface area contributed by atoms with Gasteiger partial charge in [-0.3, -0.25) is 0 Å². The Kier molecular flexibility index (Phi) is 2.59. The number of ether oxygens (including phenoxy) is 1. The summed E-state index contributed by atoms with van der Waals surface area (Å²) in [6, 6.07) is 10.2. The molecule has 5 nitrogen and oxygen atoms in total. The largest absolute Gasteiger partial charge is 0.462 e. The lowest BCUT2D eigenvalue weighted by molar-refractivity contribution is 0.0554. The second-order valence-corrected chi connectivity index (χ2v) is 4.30. The standard InChI is InChI=1S/C13H12N2O3/c1-17-13(16)12-15-14-11(18-12)10-7-9(10)8-5-3-2-4-6-8/h2-6,9-10H,7H2,1H3. The molecule has 0 radical (unpaired) electrons. The smallest absolute Gasteiger partial charge is 0.396 e. The third kappa shape index (κ3) is 1.88. The Labute approximate surface area is 104 Å². The van der Waals surface area contributed by atoms with E-state index in [9.17, 15) is 4.79 Å². The summed E-state index contributed by atoms with van der Waals surface area (Å²) in [4.78, 5) is 11.2. The van der Waals surface area contributed by atoms with E-state index in [-0.39, 0.29) is 11.8 Å². The highest BCUT2D eigenvalue weighted by Gasteiger charge is 2.43. The molecule has 0 saturated heterocycles. The maximum atomic E-state index is 11.2. The molecular weight excluding hydrogens is 232 g/mol. The van der Waals surface area contributed by atoms with Crippen molar-refractivity contribution in [1.82, 2.24) is 10.2 Å². The van der Waals surface area contributed by atoms with Crippen molar-refractivity contribution >= 4 is 5.97 Å². The predicted molar refractivity (Wildman–Crippen MR) is 62.2 cm³/mol. The molecule has 1 aromatic heterocycles. The number of methoxy groups -OCH3 is 1. The molecule has 0 aliphatic heterocycles. The Bertz CT molecular complexity index is 565. The van der Waals surface area contributed by atoms with Gasteiger partial charge in [0.05, 0.1) is 7.11 Å². The minimum absolute atomic E-state index is 0.0776. The lowest BCUT2D eigenvalue weighted by atomic mass is 10.1. The van der Waals surface area contributed by atoms with Crippen molar-refractivity contribution in [3.63, 3.8) is 0 Å². The van der Waals surface area contributed by atoms with E-state index in [0.717, 1.165) is 6.42 Å². The summed E-state index contributed by atoms with van der Waals surface area (Å²) in [5, 5.41) is 7.59. The second-order valence-electron chi connectivity index (χ2n) is 4.30. The molecule has 1 aromatic carbocycles. The maximum absolute atomic E-state index is 11.2. The number of rotatable bonds is 3. The van der Waals surface area contributed by atoms with E-state index in [1.54, 1.807) is 0 Å². The van der Waals surface area contributed by atoms with E-state index >= 15 is 0 Å². The molecule has 2 aromatic rings. The summed E-state index contributed by atoms with van der Waals surface area (Å²) >= 11 is 0. The van der Waals surface area contributed by atoms with Crippen LogP contribution in [0.4, 0.5) is 0 Å². The Hall–Kier alpha value is -2.17. The molecule has 1 fully saturated rings. The van der Waals surface area contributed by atoms with Gasteiger partial charge < -0.3 is 9.15 Å². The summed E-state index contributed by atoms with van der Waals surface area (Å²) in [5.74, 6) is 0.483. The van der Waals surface area contributed by atoms with Crippen molar-refractivity contribution in [3.8, 4) is 0 Å². The molecule has 1 aliphatic carbocycles. The van der Waals surface area contributed by atoms with Crippen LogP contribution >= 0.6 is 0 Å². The predicted octanol–water partition coefficient (Wildman–Crippen LogP) is 2.13. The van der Waals surface area contributed by atoms with Gasteiger partial charge in [-0.1, -0.05) is 30.3 Å². The van der Waals surface area contributed by atoms with Crippen LogP contribution in [0.5, 0.6) is 0 Å². The Balaban J connectivity index is 1.75. The maximum Gasteiger partial charge on any atom is 0.396 e. The summed E-state index contributed by atoms with van der Waals surface area (Å²) in [6.45, 7) is 0. The third-order valence-corrected chi connectivity index (χ3v) is 3.14. The van der Waals surface area contributed by atoms with Crippen LogP contribution in [0.2, 0.25) is 0 Å². The van der Waals surface area contributed by atoms with Gasteiger partial charge in [0, 0.05) is 5.92 Å². The first-order chi connectivity index (χ1) is 8.79. The van der Waals surface area contributed by atoms with Crippen molar-refractivity contribution in [3.05, 3.63) is 47.7 Å². The fraction of sp³-hybridized carbons (Fsp3) is 0.308. The van der Waals surface area contributed by atoms with Crippen LogP contribution in [0, 0.1) is 0 Å². The molecule has 2 unspecified atom stereocenters. The number of benzene rings is 1. The molecule has 18 heavy (non-hydrogen) atoms. The molecule has 1 heterocycles. The number of carbonyl (C=O) groups is 1. The van der Waals surface area contributed by atoms with Crippen LogP contribution in [0.1, 0.15) is 40.4 Å². The topological polar surface area (TPSA) is 65.2 Å². The van der Waals surface area contributed by atoms with E-state index < -0.39 is 5.97 Å². The summed E-state index contributed by atoms with van der Waals surface area (Å²) in [5.41, 5.74) is 1.26. The highest BCUT2D eigenvalue weighted by Crippen LogP contribution is 2.53. The van der Waals surface area contributed by atoms with Gasteiger partial charge in [-0.2, -0.15) is 0 Å². The summed E-state index contributed by atoms with van der Waals surface area (Å²) < 4.78 is 9.84. The number of esters is 1. The van der Waals surface area contributed by atoms with Gasteiger partial charge in [0.2, 0.25) is 5.89 Å². The second kappa shape index (κ2) is 4.25. The monoisotopic (exact) mass is 244 g/mol. The van der Waals surface area contributed by atoms with Crippen LogP contribution in [0.3, 0.4) is 0 Å². The Morgan fingerprint density at radius 3 is 2.78 bits per heavy atom. The Morgan fingerprint density at radius 2 is 2.06 bits per heavy atom. The van der Waals surface area contributed by atoms with Crippen LogP contribution in [0.15, 0.2) is 34.7 Å². The number of hydrogen-bond donors (Lipinski definition) is 0. The first-order valence-electron chi connectivity index (χ1n) is 5.76. The SMILES string of the molecule is COC(=O)c1nnc(C2CC2c2ccccc2)o1. The zero-order chi connectivity index (χ0) is 12.5. The quantitative estimate of drug-likeness (QED) is 0.774. The molecule has 0 bridgehead atoms. The highest BCUT2D eigenvalue weighted by atomic mass is 16.5. The van der Waals surface area contributed by atoms with Gasteiger partial charge in [-0.05, 0) is 17.9 Å². The van der Waals surface area contributed by atoms with E-state index in [2.05, 4.69) is 27.1 Å². The molecule has 2 atom stereocenters. The van der Waals surface area contributed by atoms with Gasteiger partial charge in [-0.15, -0.1) is 10.2 Å². The number of carbonyl (C=O) groups excluding carboxylic acids is 1. The minimum atomic E-state index is -0.592. The number of hydrogen-bond acceptors (Lipinski definition) is 5. The molecule has 92 valence electrons. The Morgan fingerprint density at radius 1 is 1.28 bits per heavy atom. The van der Waals surface area contributed by atoms with E-state index in [4.69, 9.17) is 4.42 Å². The van der Waals surface area contributed by atoms with Crippen LogP contribution in [-0.4, -0.2) is 23.3 Å². The summed E-state index contributed by atoms with van der Waals surface area (Å²) in [7, 11) is 1.29. The lowest BCUT2D eigenvalue weighted by Gasteiger charge is -1.96. The minimum Gasteiger partial charge on any atom is -0.462 e. The highest BCUT2D eigenvalue weighted by molar-refractivity contribution is 5.83. The zero-order valence-corrected chi connectivity index (χ0v) is 9.87. The molecule has 1 aliphatic rings. The van der Waals surface area contributed by atoms with Crippen molar-refractivity contribution < 1.29 is 13.9 Å². The van der Waals surface area contributed by atoms with E-state index in [1.165, 1.54) is 12.7 Å². The molecule has 0 spiro atoms. The van der Waals surface area contributed by atoms with Gasteiger partial charge >= 0.3 is 11.9 Å². The summed E-state index contributed by atoms with van der Waals surface area (Å²) in [6.07, 6.45) is 0.979. The van der Waals surface area contributed by atoms with E-state index in [0.29, 0.717) is 11.8 Å². The average Bonchev–Trinajstić information content (AvgIpc) is 3.08.